The SMILES string of the molecule is CCNc1cc(N2CCSC(C)C2C)ncn1. The van der Waals surface area contributed by atoms with Crippen molar-refractivity contribution in [2.45, 2.75) is 32.1 Å². The van der Waals surface area contributed by atoms with E-state index in [2.05, 4.69) is 41.0 Å². The van der Waals surface area contributed by atoms with Crippen molar-refractivity contribution in [3.8, 4) is 0 Å². The van der Waals surface area contributed by atoms with Gasteiger partial charge in [0.1, 0.15) is 18.0 Å². The van der Waals surface area contributed by atoms with E-state index in [1.165, 1.54) is 5.75 Å². The fraction of sp³-hybridized carbons (Fsp3) is 0.667. The molecule has 1 fully saturated rings. The molecule has 0 aliphatic carbocycles. The Kier molecular flexibility index (Phi) is 4.10. The van der Waals surface area contributed by atoms with Gasteiger partial charge < -0.3 is 10.2 Å². The van der Waals surface area contributed by atoms with Crippen molar-refractivity contribution in [3.05, 3.63) is 12.4 Å². The molecule has 17 heavy (non-hydrogen) atoms. The van der Waals surface area contributed by atoms with E-state index in [1.54, 1.807) is 6.33 Å². The van der Waals surface area contributed by atoms with Crippen LogP contribution >= 0.6 is 11.8 Å². The Morgan fingerprint density at radius 3 is 3.06 bits per heavy atom. The van der Waals surface area contributed by atoms with Gasteiger partial charge in [0, 0.05) is 36.2 Å². The Morgan fingerprint density at radius 2 is 2.29 bits per heavy atom. The Hall–Kier alpha value is -0.970. The highest BCUT2D eigenvalue weighted by Crippen LogP contribution is 2.28. The molecule has 1 N–H and O–H groups in total. The van der Waals surface area contributed by atoms with Gasteiger partial charge in [0.25, 0.3) is 0 Å². The van der Waals surface area contributed by atoms with Gasteiger partial charge >= 0.3 is 0 Å². The van der Waals surface area contributed by atoms with Crippen LogP contribution in [-0.4, -0.2) is 40.1 Å². The minimum absolute atomic E-state index is 0.526. The summed E-state index contributed by atoms with van der Waals surface area (Å²) in [5.41, 5.74) is 0. The predicted molar refractivity (Wildman–Crippen MR) is 74.9 cm³/mol. The number of hydrogen-bond acceptors (Lipinski definition) is 5. The summed E-state index contributed by atoms with van der Waals surface area (Å²) in [5, 5.41) is 3.88. The largest absolute Gasteiger partial charge is 0.370 e. The van der Waals surface area contributed by atoms with E-state index in [0.29, 0.717) is 11.3 Å². The summed E-state index contributed by atoms with van der Waals surface area (Å²) in [6, 6.07) is 2.57. The molecule has 1 aliphatic rings. The average Bonchev–Trinajstić information content (AvgIpc) is 2.33. The topological polar surface area (TPSA) is 41.0 Å². The minimum Gasteiger partial charge on any atom is -0.370 e. The van der Waals surface area contributed by atoms with Gasteiger partial charge in [0.15, 0.2) is 0 Å². The zero-order valence-electron chi connectivity index (χ0n) is 10.7. The first-order valence-electron chi connectivity index (χ1n) is 6.16. The molecule has 0 amide bonds. The predicted octanol–water partition coefficient (Wildman–Crippen LogP) is 2.24. The summed E-state index contributed by atoms with van der Waals surface area (Å²) in [7, 11) is 0. The molecule has 2 heterocycles. The molecule has 0 bridgehead atoms. The first kappa shape index (κ1) is 12.5. The number of thioether (sulfide) groups is 1. The van der Waals surface area contributed by atoms with Crippen LogP contribution in [0.25, 0.3) is 0 Å². The van der Waals surface area contributed by atoms with E-state index in [0.717, 1.165) is 24.7 Å². The maximum Gasteiger partial charge on any atom is 0.134 e. The molecule has 1 aromatic rings. The number of aromatic nitrogens is 2. The fourth-order valence-corrected chi connectivity index (χ4v) is 3.14. The maximum absolute atomic E-state index is 4.40. The summed E-state index contributed by atoms with van der Waals surface area (Å²) in [5.74, 6) is 3.12. The van der Waals surface area contributed by atoms with Crippen molar-refractivity contribution in [2.75, 3.05) is 29.1 Å². The molecule has 5 heteroatoms. The zero-order chi connectivity index (χ0) is 12.3. The highest BCUT2D eigenvalue weighted by molar-refractivity contribution is 8.00. The highest BCUT2D eigenvalue weighted by atomic mass is 32.2. The molecule has 0 spiro atoms. The summed E-state index contributed by atoms with van der Waals surface area (Å²) >= 11 is 2.04. The Balaban J connectivity index is 2.17. The minimum atomic E-state index is 0.526. The molecular weight excluding hydrogens is 232 g/mol. The number of hydrogen-bond donors (Lipinski definition) is 1. The molecule has 1 aliphatic heterocycles. The second kappa shape index (κ2) is 5.58. The Bertz CT molecular complexity index is 371. The first-order valence-corrected chi connectivity index (χ1v) is 7.21. The van der Waals surface area contributed by atoms with Crippen LogP contribution in [0.1, 0.15) is 20.8 Å². The zero-order valence-corrected chi connectivity index (χ0v) is 11.5. The summed E-state index contributed by atoms with van der Waals surface area (Å²) in [6.07, 6.45) is 1.65. The molecule has 4 nitrogen and oxygen atoms in total. The lowest BCUT2D eigenvalue weighted by molar-refractivity contribution is 0.620. The van der Waals surface area contributed by atoms with Gasteiger partial charge in [-0.3, -0.25) is 0 Å². The molecule has 0 aromatic carbocycles. The number of anilines is 2. The molecule has 0 saturated carbocycles. The second-order valence-corrected chi connectivity index (χ2v) is 5.79. The van der Waals surface area contributed by atoms with Crippen molar-refractivity contribution in [3.63, 3.8) is 0 Å². The van der Waals surface area contributed by atoms with Crippen LogP contribution in [0.4, 0.5) is 11.6 Å². The second-order valence-electron chi connectivity index (χ2n) is 4.30. The molecule has 1 saturated heterocycles. The molecule has 1 aromatic heterocycles. The van der Waals surface area contributed by atoms with Crippen LogP contribution in [0, 0.1) is 0 Å². The van der Waals surface area contributed by atoms with E-state index >= 15 is 0 Å². The summed E-state index contributed by atoms with van der Waals surface area (Å²) in [6.45, 7) is 8.58. The molecular formula is C12H20N4S. The van der Waals surface area contributed by atoms with E-state index in [9.17, 15) is 0 Å². The smallest absolute Gasteiger partial charge is 0.134 e. The summed E-state index contributed by atoms with van der Waals surface area (Å²) in [4.78, 5) is 11.0. The van der Waals surface area contributed by atoms with Crippen molar-refractivity contribution >= 4 is 23.4 Å². The molecule has 2 atom stereocenters. The van der Waals surface area contributed by atoms with Crippen LogP contribution in [0.3, 0.4) is 0 Å². The van der Waals surface area contributed by atoms with E-state index < -0.39 is 0 Å². The van der Waals surface area contributed by atoms with Gasteiger partial charge in [-0.1, -0.05) is 6.92 Å². The van der Waals surface area contributed by atoms with Gasteiger partial charge in [-0.2, -0.15) is 11.8 Å². The monoisotopic (exact) mass is 252 g/mol. The van der Waals surface area contributed by atoms with Crippen LogP contribution in [0.15, 0.2) is 12.4 Å². The van der Waals surface area contributed by atoms with Crippen LogP contribution in [-0.2, 0) is 0 Å². The molecule has 94 valence electrons. The average molecular weight is 252 g/mol. The van der Waals surface area contributed by atoms with E-state index in [1.807, 2.05) is 17.8 Å². The summed E-state index contributed by atoms with van der Waals surface area (Å²) < 4.78 is 0. The third-order valence-corrected chi connectivity index (χ3v) is 4.53. The number of nitrogens with one attached hydrogen (secondary N) is 1. The van der Waals surface area contributed by atoms with Crippen LogP contribution < -0.4 is 10.2 Å². The van der Waals surface area contributed by atoms with Gasteiger partial charge in [0.2, 0.25) is 0 Å². The lowest BCUT2D eigenvalue weighted by atomic mass is 10.2. The van der Waals surface area contributed by atoms with Crippen molar-refractivity contribution in [1.29, 1.82) is 0 Å². The Morgan fingerprint density at radius 1 is 1.47 bits per heavy atom. The molecule has 2 rings (SSSR count). The standard InChI is InChI=1S/C12H20N4S/c1-4-13-11-7-12(15-8-14-11)16-5-6-17-10(3)9(16)2/h7-10H,4-6H2,1-3H3,(H,13,14,15). The highest BCUT2D eigenvalue weighted by Gasteiger charge is 2.26. The van der Waals surface area contributed by atoms with Crippen molar-refractivity contribution < 1.29 is 0 Å². The van der Waals surface area contributed by atoms with Gasteiger partial charge in [-0.25, -0.2) is 9.97 Å². The van der Waals surface area contributed by atoms with Gasteiger partial charge in [-0.05, 0) is 13.8 Å². The first-order chi connectivity index (χ1) is 8.22. The van der Waals surface area contributed by atoms with Crippen molar-refractivity contribution in [1.82, 2.24) is 9.97 Å². The third kappa shape index (κ3) is 2.83. The Labute approximate surface area is 107 Å². The van der Waals surface area contributed by atoms with E-state index in [-0.39, 0.29) is 0 Å². The normalized spacial score (nSPS) is 24.8. The quantitative estimate of drug-likeness (QED) is 0.893. The number of rotatable bonds is 3. The van der Waals surface area contributed by atoms with Gasteiger partial charge in [-0.15, -0.1) is 0 Å². The van der Waals surface area contributed by atoms with Crippen molar-refractivity contribution in [2.24, 2.45) is 0 Å². The van der Waals surface area contributed by atoms with Gasteiger partial charge in [0.05, 0.1) is 0 Å². The lowest BCUT2D eigenvalue weighted by Crippen LogP contribution is -2.45. The van der Waals surface area contributed by atoms with E-state index in [4.69, 9.17) is 0 Å². The third-order valence-electron chi connectivity index (χ3n) is 3.19. The van der Waals surface area contributed by atoms with Crippen LogP contribution in [0.2, 0.25) is 0 Å². The fourth-order valence-electron chi connectivity index (χ4n) is 2.04. The molecule has 2 unspecified atom stereocenters. The van der Waals surface area contributed by atoms with Crippen LogP contribution in [0.5, 0.6) is 0 Å². The molecule has 0 radical (unpaired) electrons. The maximum atomic E-state index is 4.40. The number of nitrogens with zero attached hydrogens (tertiary/aromatic N) is 3. The lowest BCUT2D eigenvalue weighted by Gasteiger charge is -2.38.